The standard InChI is InChI=1S/C17H13ClFN5O2/c1-8-15-9(16-10(18)3-2-4-11(16)19)7-14(26)20-17(15)24(23-8)12-5-6-13(25)22-21-12/h2-6,9H,7H2,1H3,(H,20,26)(H,22,25). The third kappa shape index (κ3) is 2.59. The summed E-state index contributed by atoms with van der Waals surface area (Å²) in [5.41, 5.74) is 1.19. The predicted octanol–water partition coefficient (Wildman–Crippen LogP) is 2.53. The summed E-state index contributed by atoms with van der Waals surface area (Å²) in [5.74, 6) is -0.606. The van der Waals surface area contributed by atoms with Crippen LogP contribution in [0.5, 0.6) is 0 Å². The zero-order valence-corrected chi connectivity index (χ0v) is 14.3. The van der Waals surface area contributed by atoms with Gasteiger partial charge in [0.15, 0.2) is 5.82 Å². The number of benzene rings is 1. The van der Waals surface area contributed by atoms with Crippen LogP contribution >= 0.6 is 11.6 Å². The van der Waals surface area contributed by atoms with Crippen LogP contribution in [0.2, 0.25) is 5.02 Å². The van der Waals surface area contributed by atoms with Gasteiger partial charge >= 0.3 is 0 Å². The number of amides is 1. The molecular weight excluding hydrogens is 361 g/mol. The van der Waals surface area contributed by atoms with Crippen LogP contribution in [0.1, 0.15) is 29.2 Å². The maximum atomic E-state index is 14.5. The van der Waals surface area contributed by atoms with Gasteiger partial charge in [0, 0.05) is 34.6 Å². The first kappa shape index (κ1) is 16.5. The second-order valence-electron chi connectivity index (χ2n) is 5.98. The van der Waals surface area contributed by atoms with Gasteiger partial charge in [0.05, 0.1) is 5.69 Å². The Bertz CT molecular complexity index is 1050. The van der Waals surface area contributed by atoms with E-state index in [2.05, 4.69) is 20.6 Å². The van der Waals surface area contributed by atoms with Crippen LogP contribution in [0.15, 0.2) is 35.1 Å². The molecule has 26 heavy (non-hydrogen) atoms. The zero-order valence-electron chi connectivity index (χ0n) is 13.6. The summed E-state index contributed by atoms with van der Waals surface area (Å²) in [6.45, 7) is 1.76. The number of carbonyl (C=O) groups excluding carboxylic acids is 1. The average Bonchev–Trinajstić information content (AvgIpc) is 2.92. The van der Waals surface area contributed by atoms with Crippen molar-refractivity contribution in [3.63, 3.8) is 0 Å². The van der Waals surface area contributed by atoms with E-state index in [1.54, 1.807) is 13.0 Å². The van der Waals surface area contributed by atoms with E-state index in [0.29, 0.717) is 22.9 Å². The molecule has 0 bridgehead atoms. The van der Waals surface area contributed by atoms with Crippen LogP contribution in [0.3, 0.4) is 0 Å². The van der Waals surface area contributed by atoms with Gasteiger partial charge in [-0.1, -0.05) is 17.7 Å². The van der Waals surface area contributed by atoms with Gasteiger partial charge in [-0.05, 0) is 25.1 Å². The van der Waals surface area contributed by atoms with Crippen molar-refractivity contribution < 1.29 is 9.18 Å². The Morgan fingerprint density at radius 2 is 2.04 bits per heavy atom. The van der Waals surface area contributed by atoms with Crippen LogP contribution in [-0.2, 0) is 4.79 Å². The minimum atomic E-state index is -0.566. The Labute approximate surface area is 151 Å². The number of carbonyl (C=O) groups is 1. The number of aromatic nitrogens is 4. The van der Waals surface area contributed by atoms with Crippen LogP contribution in [0, 0.1) is 12.7 Å². The molecule has 1 aliphatic heterocycles. The molecule has 9 heteroatoms. The van der Waals surface area contributed by atoms with Crippen molar-refractivity contribution in [3.05, 3.63) is 68.3 Å². The number of hydrogen-bond donors (Lipinski definition) is 2. The number of nitrogens with one attached hydrogen (secondary N) is 2. The molecule has 2 aromatic heterocycles. The van der Waals surface area contributed by atoms with Gasteiger partial charge in [-0.25, -0.2) is 9.49 Å². The van der Waals surface area contributed by atoms with Crippen molar-refractivity contribution in [3.8, 4) is 5.82 Å². The fraction of sp³-hybridized carbons (Fsp3) is 0.176. The maximum absolute atomic E-state index is 14.5. The molecule has 1 unspecified atom stereocenters. The second-order valence-corrected chi connectivity index (χ2v) is 6.39. The number of anilines is 1. The first-order valence-corrected chi connectivity index (χ1v) is 8.23. The normalized spacial score (nSPS) is 16.3. The molecule has 0 saturated heterocycles. The molecule has 4 rings (SSSR count). The van der Waals surface area contributed by atoms with Gasteiger partial charge in [-0.3, -0.25) is 9.59 Å². The maximum Gasteiger partial charge on any atom is 0.264 e. The van der Waals surface area contributed by atoms with E-state index in [4.69, 9.17) is 11.6 Å². The second kappa shape index (κ2) is 6.06. The highest BCUT2D eigenvalue weighted by atomic mass is 35.5. The van der Waals surface area contributed by atoms with Crippen molar-refractivity contribution in [2.24, 2.45) is 0 Å². The molecule has 0 fully saturated rings. The summed E-state index contributed by atoms with van der Waals surface area (Å²) in [6.07, 6.45) is 0.0548. The molecule has 0 radical (unpaired) electrons. The molecule has 1 aromatic carbocycles. The van der Waals surface area contributed by atoms with Crippen molar-refractivity contribution in [2.75, 3.05) is 5.32 Å². The number of halogens is 2. The monoisotopic (exact) mass is 373 g/mol. The number of nitrogens with zero attached hydrogens (tertiary/aromatic N) is 3. The largest absolute Gasteiger partial charge is 0.310 e. The fourth-order valence-electron chi connectivity index (χ4n) is 3.26. The Morgan fingerprint density at radius 3 is 2.73 bits per heavy atom. The average molecular weight is 374 g/mol. The Kier molecular flexibility index (Phi) is 3.84. The van der Waals surface area contributed by atoms with Gasteiger partial charge in [0.25, 0.3) is 5.56 Å². The minimum absolute atomic E-state index is 0.0548. The molecule has 0 spiro atoms. The smallest absolute Gasteiger partial charge is 0.264 e. The van der Waals surface area contributed by atoms with E-state index < -0.39 is 11.7 Å². The van der Waals surface area contributed by atoms with Crippen molar-refractivity contribution in [1.29, 1.82) is 0 Å². The van der Waals surface area contributed by atoms with Gasteiger partial charge < -0.3 is 5.32 Å². The van der Waals surface area contributed by atoms with E-state index in [0.717, 1.165) is 0 Å². The highest BCUT2D eigenvalue weighted by Crippen LogP contribution is 2.42. The number of hydrogen-bond acceptors (Lipinski definition) is 4. The van der Waals surface area contributed by atoms with E-state index in [9.17, 15) is 14.0 Å². The first-order valence-electron chi connectivity index (χ1n) is 7.85. The van der Waals surface area contributed by atoms with Crippen molar-refractivity contribution >= 4 is 23.3 Å². The molecule has 2 N–H and O–H groups in total. The highest BCUT2D eigenvalue weighted by Gasteiger charge is 2.35. The molecular formula is C17H13ClFN5O2. The third-order valence-electron chi connectivity index (χ3n) is 4.33. The summed E-state index contributed by atoms with van der Waals surface area (Å²) in [4.78, 5) is 23.5. The summed E-state index contributed by atoms with van der Waals surface area (Å²) >= 11 is 6.22. The fourth-order valence-corrected chi connectivity index (χ4v) is 3.55. The van der Waals surface area contributed by atoms with Gasteiger partial charge in [0.2, 0.25) is 5.91 Å². The number of fused-ring (bicyclic) bond motifs is 1. The van der Waals surface area contributed by atoms with Gasteiger partial charge in [0.1, 0.15) is 11.6 Å². The van der Waals surface area contributed by atoms with Crippen LogP contribution in [0.25, 0.3) is 5.82 Å². The zero-order chi connectivity index (χ0) is 18.4. The Balaban J connectivity index is 1.93. The lowest BCUT2D eigenvalue weighted by Gasteiger charge is -2.25. The molecule has 1 atom stereocenters. The molecule has 0 aliphatic carbocycles. The molecule has 3 heterocycles. The molecule has 1 amide bonds. The van der Waals surface area contributed by atoms with Crippen molar-refractivity contribution in [2.45, 2.75) is 19.3 Å². The highest BCUT2D eigenvalue weighted by molar-refractivity contribution is 6.31. The lowest BCUT2D eigenvalue weighted by Crippen LogP contribution is -2.26. The predicted molar refractivity (Wildman–Crippen MR) is 93.2 cm³/mol. The Hall–Kier alpha value is -3.00. The summed E-state index contributed by atoms with van der Waals surface area (Å²) < 4.78 is 15.9. The van der Waals surface area contributed by atoms with Crippen molar-refractivity contribution in [1.82, 2.24) is 20.0 Å². The quantitative estimate of drug-likeness (QED) is 0.722. The first-order chi connectivity index (χ1) is 12.5. The molecule has 3 aromatic rings. The summed E-state index contributed by atoms with van der Waals surface area (Å²) in [5, 5.41) is 13.7. The number of rotatable bonds is 2. The van der Waals surface area contributed by atoms with Crippen LogP contribution < -0.4 is 10.9 Å². The number of H-pyrrole nitrogens is 1. The van der Waals surface area contributed by atoms with Crippen LogP contribution in [0.4, 0.5) is 10.2 Å². The summed E-state index contributed by atoms with van der Waals surface area (Å²) in [6, 6.07) is 7.22. The molecule has 1 aliphatic rings. The molecule has 7 nitrogen and oxygen atoms in total. The van der Waals surface area contributed by atoms with E-state index in [-0.39, 0.29) is 28.5 Å². The van der Waals surface area contributed by atoms with E-state index in [1.807, 2.05) is 0 Å². The molecule has 0 saturated carbocycles. The Morgan fingerprint density at radius 1 is 1.23 bits per heavy atom. The third-order valence-corrected chi connectivity index (χ3v) is 4.66. The SMILES string of the molecule is Cc1nn(-c2ccc(=O)[nH]n2)c2c1C(c1c(F)cccc1Cl)CC(=O)N2. The number of aromatic amines is 1. The summed E-state index contributed by atoms with van der Waals surface area (Å²) in [7, 11) is 0. The van der Waals surface area contributed by atoms with Gasteiger partial charge in [-0.2, -0.15) is 14.9 Å². The minimum Gasteiger partial charge on any atom is -0.310 e. The van der Waals surface area contributed by atoms with Crippen LogP contribution in [-0.4, -0.2) is 25.9 Å². The lowest BCUT2D eigenvalue weighted by atomic mass is 9.85. The van der Waals surface area contributed by atoms with Gasteiger partial charge in [-0.15, -0.1) is 0 Å². The van der Waals surface area contributed by atoms with E-state index >= 15 is 0 Å². The van der Waals surface area contributed by atoms with E-state index in [1.165, 1.54) is 28.9 Å². The molecule has 132 valence electrons. The lowest BCUT2D eigenvalue weighted by molar-refractivity contribution is -0.116. The topological polar surface area (TPSA) is 92.7 Å². The number of aryl methyl sites for hydroxylation is 1.